The van der Waals surface area contributed by atoms with E-state index in [-0.39, 0.29) is 11.4 Å². The highest BCUT2D eigenvalue weighted by molar-refractivity contribution is 7.89. The number of sulfonamides is 1. The first-order valence-corrected chi connectivity index (χ1v) is 8.23. The molecule has 6 nitrogen and oxygen atoms in total. The smallest absolute Gasteiger partial charge is 0.240 e. The summed E-state index contributed by atoms with van der Waals surface area (Å²) in [5, 5.41) is 9.84. The summed E-state index contributed by atoms with van der Waals surface area (Å²) < 4.78 is 36.8. The molecule has 0 aliphatic carbocycles. The summed E-state index contributed by atoms with van der Waals surface area (Å²) in [4.78, 5) is 0.133. The van der Waals surface area contributed by atoms with Gasteiger partial charge in [-0.05, 0) is 37.6 Å². The minimum absolute atomic E-state index is 0.0298. The number of rotatable bonds is 9. The van der Waals surface area contributed by atoms with E-state index in [4.69, 9.17) is 9.47 Å². The van der Waals surface area contributed by atoms with Crippen molar-refractivity contribution in [2.75, 3.05) is 26.9 Å². The lowest BCUT2D eigenvalue weighted by atomic mass is 10.1. The Kier molecular flexibility index (Phi) is 6.60. The average molecular weight is 317 g/mol. The van der Waals surface area contributed by atoms with Crippen LogP contribution in [0, 0.1) is 0 Å². The monoisotopic (exact) mass is 317 g/mol. The molecule has 0 radical (unpaired) electrons. The summed E-state index contributed by atoms with van der Waals surface area (Å²) in [7, 11) is -2.06. The predicted molar refractivity (Wildman–Crippen MR) is 79.9 cm³/mol. The van der Waals surface area contributed by atoms with Gasteiger partial charge < -0.3 is 14.6 Å². The Morgan fingerprint density at radius 2 is 1.86 bits per heavy atom. The molecule has 0 bridgehead atoms. The van der Waals surface area contributed by atoms with Crippen LogP contribution in [0.4, 0.5) is 0 Å². The first-order valence-electron chi connectivity index (χ1n) is 6.74. The first kappa shape index (κ1) is 17.9. The molecule has 0 aliphatic rings. The van der Waals surface area contributed by atoms with Crippen LogP contribution >= 0.6 is 0 Å². The molecular formula is C14H23NO5S. The molecule has 1 unspecified atom stereocenters. The highest BCUT2D eigenvalue weighted by Crippen LogP contribution is 2.16. The highest BCUT2D eigenvalue weighted by Gasteiger charge is 2.22. The second-order valence-corrected chi connectivity index (χ2v) is 6.75. The van der Waals surface area contributed by atoms with Crippen molar-refractivity contribution in [3.05, 3.63) is 24.3 Å². The van der Waals surface area contributed by atoms with Crippen molar-refractivity contribution in [3.8, 4) is 5.75 Å². The predicted octanol–water partition coefficient (Wildman–Crippen LogP) is 1.15. The van der Waals surface area contributed by atoms with Crippen LogP contribution in [0.1, 0.15) is 20.3 Å². The zero-order valence-electron chi connectivity index (χ0n) is 12.6. The van der Waals surface area contributed by atoms with Gasteiger partial charge in [-0.1, -0.05) is 6.92 Å². The van der Waals surface area contributed by atoms with Crippen molar-refractivity contribution in [2.45, 2.75) is 30.8 Å². The molecule has 0 aliphatic heterocycles. The van der Waals surface area contributed by atoms with Crippen molar-refractivity contribution >= 4 is 10.0 Å². The molecule has 2 N–H and O–H groups in total. The Balaban J connectivity index is 2.67. The second kappa shape index (κ2) is 7.74. The molecule has 0 amide bonds. The molecule has 1 atom stereocenters. The molecule has 0 saturated heterocycles. The second-order valence-electron chi connectivity index (χ2n) is 4.99. The number of hydrogen-bond acceptors (Lipinski definition) is 5. The average Bonchev–Trinajstić information content (AvgIpc) is 2.46. The van der Waals surface area contributed by atoms with Gasteiger partial charge >= 0.3 is 0 Å². The third-order valence-electron chi connectivity index (χ3n) is 3.09. The van der Waals surface area contributed by atoms with Gasteiger partial charge in [-0.2, -0.15) is 0 Å². The maximum absolute atomic E-state index is 12.1. The van der Waals surface area contributed by atoms with Crippen molar-refractivity contribution in [1.82, 2.24) is 4.72 Å². The van der Waals surface area contributed by atoms with Gasteiger partial charge in [-0.25, -0.2) is 13.1 Å². The topological polar surface area (TPSA) is 84.9 Å². The molecule has 0 fully saturated rings. The maximum atomic E-state index is 12.1. The summed E-state index contributed by atoms with van der Waals surface area (Å²) in [6, 6.07) is 6.10. The molecule has 1 rings (SSSR count). The van der Waals surface area contributed by atoms with E-state index in [1.165, 1.54) is 12.1 Å². The van der Waals surface area contributed by atoms with E-state index in [0.29, 0.717) is 25.4 Å². The van der Waals surface area contributed by atoms with Gasteiger partial charge in [0.05, 0.1) is 17.1 Å². The molecule has 1 aromatic rings. The molecule has 0 aromatic heterocycles. The van der Waals surface area contributed by atoms with Crippen LogP contribution in [0.5, 0.6) is 5.75 Å². The van der Waals surface area contributed by atoms with Crippen LogP contribution in [0.15, 0.2) is 29.2 Å². The van der Waals surface area contributed by atoms with Crippen LogP contribution in [0.3, 0.4) is 0 Å². The Morgan fingerprint density at radius 1 is 1.24 bits per heavy atom. The Bertz CT molecular complexity index is 525. The Morgan fingerprint density at radius 3 is 2.38 bits per heavy atom. The number of hydrogen-bond donors (Lipinski definition) is 2. The third-order valence-corrected chi connectivity index (χ3v) is 4.51. The molecule has 0 spiro atoms. The van der Waals surface area contributed by atoms with E-state index in [1.807, 2.05) is 0 Å². The molecule has 0 saturated carbocycles. The van der Waals surface area contributed by atoms with E-state index >= 15 is 0 Å². The lowest BCUT2D eigenvalue weighted by Gasteiger charge is -2.21. The van der Waals surface area contributed by atoms with Gasteiger partial charge in [0.2, 0.25) is 10.0 Å². The Hall–Kier alpha value is -1.15. The lowest BCUT2D eigenvalue weighted by Crippen LogP contribution is -2.40. The van der Waals surface area contributed by atoms with E-state index in [0.717, 1.165) is 0 Å². The van der Waals surface area contributed by atoms with Gasteiger partial charge in [0.15, 0.2) is 0 Å². The fourth-order valence-corrected chi connectivity index (χ4v) is 2.58. The number of nitrogens with one attached hydrogen (secondary N) is 1. The van der Waals surface area contributed by atoms with E-state index in [9.17, 15) is 13.5 Å². The largest absolute Gasteiger partial charge is 0.491 e. The number of ether oxygens (including phenoxy) is 2. The van der Waals surface area contributed by atoms with Crippen molar-refractivity contribution in [1.29, 1.82) is 0 Å². The molecule has 21 heavy (non-hydrogen) atoms. The maximum Gasteiger partial charge on any atom is 0.240 e. The van der Waals surface area contributed by atoms with Gasteiger partial charge in [-0.15, -0.1) is 0 Å². The Labute approximate surface area is 126 Å². The number of methoxy groups -OCH3 is 1. The number of aliphatic hydroxyl groups is 1. The minimum Gasteiger partial charge on any atom is -0.491 e. The SMILES string of the molecule is CCC(C)(O)CNS(=O)(=O)c1ccc(OCCOC)cc1. The van der Waals surface area contributed by atoms with Crippen LogP contribution in [-0.2, 0) is 14.8 Å². The summed E-state index contributed by atoms with van der Waals surface area (Å²) in [5.41, 5.74) is -1.06. The summed E-state index contributed by atoms with van der Waals surface area (Å²) in [5.74, 6) is 0.576. The van der Waals surface area contributed by atoms with Crippen LogP contribution in [0.25, 0.3) is 0 Å². The normalized spacial score (nSPS) is 14.7. The van der Waals surface area contributed by atoms with Crippen LogP contribution < -0.4 is 9.46 Å². The molecular weight excluding hydrogens is 294 g/mol. The first-order chi connectivity index (χ1) is 9.80. The fourth-order valence-electron chi connectivity index (χ4n) is 1.42. The van der Waals surface area contributed by atoms with E-state index in [2.05, 4.69) is 4.72 Å². The molecule has 7 heteroatoms. The van der Waals surface area contributed by atoms with Gasteiger partial charge in [0.1, 0.15) is 12.4 Å². The van der Waals surface area contributed by atoms with Crippen molar-refractivity contribution in [3.63, 3.8) is 0 Å². The summed E-state index contributed by atoms with van der Waals surface area (Å²) in [6.07, 6.45) is 0.460. The number of benzene rings is 1. The van der Waals surface area contributed by atoms with Gasteiger partial charge in [-0.3, -0.25) is 0 Å². The van der Waals surface area contributed by atoms with Crippen molar-refractivity contribution < 1.29 is 23.0 Å². The summed E-state index contributed by atoms with van der Waals surface area (Å²) >= 11 is 0. The summed E-state index contributed by atoms with van der Waals surface area (Å²) in [6.45, 7) is 4.22. The quantitative estimate of drug-likeness (QED) is 0.667. The molecule has 0 heterocycles. The standard InChI is InChI=1S/C14H23NO5S/c1-4-14(2,16)11-15-21(17,18)13-7-5-12(6-8-13)20-10-9-19-3/h5-8,15-16H,4,9-11H2,1-3H3. The zero-order valence-corrected chi connectivity index (χ0v) is 13.4. The fraction of sp³-hybridized carbons (Fsp3) is 0.571. The highest BCUT2D eigenvalue weighted by atomic mass is 32.2. The lowest BCUT2D eigenvalue weighted by molar-refractivity contribution is 0.0613. The van der Waals surface area contributed by atoms with E-state index in [1.54, 1.807) is 33.1 Å². The minimum atomic E-state index is -3.64. The zero-order chi connectivity index (χ0) is 15.9. The molecule has 120 valence electrons. The van der Waals surface area contributed by atoms with Crippen molar-refractivity contribution in [2.24, 2.45) is 0 Å². The van der Waals surface area contributed by atoms with Crippen LogP contribution in [0.2, 0.25) is 0 Å². The molecule has 1 aromatic carbocycles. The van der Waals surface area contributed by atoms with Gasteiger partial charge in [0, 0.05) is 13.7 Å². The van der Waals surface area contributed by atoms with E-state index < -0.39 is 15.6 Å². The van der Waals surface area contributed by atoms with Gasteiger partial charge in [0.25, 0.3) is 0 Å². The van der Waals surface area contributed by atoms with Crippen LogP contribution in [-0.4, -0.2) is 46.0 Å². The third kappa shape index (κ3) is 6.01.